The topological polar surface area (TPSA) is 72.4 Å². The Morgan fingerprint density at radius 1 is 1.58 bits per heavy atom. The number of nitrogens with two attached hydrogens (primary N) is 1. The molecule has 5 nitrogen and oxygen atoms in total. The van der Waals surface area contributed by atoms with E-state index in [9.17, 15) is 4.79 Å². The molecule has 0 radical (unpaired) electrons. The lowest BCUT2D eigenvalue weighted by molar-refractivity contribution is -0.127. The minimum Gasteiger partial charge on any atom is -0.431 e. The van der Waals surface area contributed by atoms with Crippen LogP contribution in [-0.4, -0.2) is 34.6 Å². The van der Waals surface area contributed by atoms with Crippen LogP contribution in [-0.2, 0) is 4.79 Å². The van der Waals surface area contributed by atoms with Crippen LogP contribution < -0.4 is 5.73 Å². The number of nitrogen functional groups attached to an aromatic ring is 1. The molecular formula is C13H15N3O2S. The minimum atomic E-state index is 0.120. The lowest BCUT2D eigenvalue weighted by atomic mass is 10.3. The fourth-order valence-electron chi connectivity index (χ4n) is 1.87. The maximum atomic E-state index is 11.9. The summed E-state index contributed by atoms with van der Waals surface area (Å²) in [6.45, 7) is 0. The van der Waals surface area contributed by atoms with E-state index in [0.29, 0.717) is 28.3 Å². The fraction of sp³-hybridized carbons (Fsp3) is 0.385. The Labute approximate surface area is 115 Å². The summed E-state index contributed by atoms with van der Waals surface area (Å²) in [5.74, 6) is 0.476. The highest BCUT2D eigenvalue weighted by molar-refractivity contribution is 7.99. The van der Waals surface area contributed by atoms with Crippen molar-refractivity contribution in [3.05, 3.63) is 18.2 Å². The summed E-state index contributed by atoms with van der Waals surface area (Å²) in [7, 11) is 1.85. The van der Waals surface area contributed by atoms with Crippen LogP contribution in [0.25, 0.3) is 11.1 Å². The van der Waals surface area contributed by atoms with Crippen molar-refractivity contribution < 1.29 is 9.21 Å². The summed E-state index contributed by atoms with van der Waals surface area (Å²) >= 11 is 1.32. The molecule has 1 heterocycles. The van der Waals surface area contributed by atoms with Crippen LogP contribution in [0.3, 0.4) is 0 Å². The Morgan fingerprint density at radius 2 is 2.37 bits per heavy atom. The van der Waals surface area contributed by atoms with Crippen LogP contribution in [0.1, 0.15) is 12.8 Å². The zero-order valence-electron chi connectivity index (χ0n) is 10.6. The van der Waals surface area contributed by atoms with Gasteiger partial charge in [-0.3, -0.25) is 4.79 Å². The van der Waals surface area contributed by atoms with Gasteiger partial charge in [-0.15, -0.1) is 0 Å². The van der Waals surface area contributed by atoms with Gasteiger partial charge < -0.3 is 15.1 Å². The van der Waals surface area contributed by atoms with E-state index in [1.165, 1.54) is 11.8 Å². The van der Waals surface area contributed by atoms with Gasteiger partial charge in [0, 0.05) is 24.8 Å². The second kappa shape index (κ2) is 4.77. The molecule has 100 valence electrons. The smallest absolute Gasteiger partial charge is 0.257 e. The molecule has 1 aromatic carbocycles. The number of carbonyl (C=O) groups excluding carboxylic acids is 1. The molecular weight excluding hydrogens is 262 g/mol. The van der Waals surface area contributed by atoms with Crippen LogP contribution in [0.4, 0.5) is 5.69 Å². The zero-order valence-corrected chi connectivity index (χ0v) is 11.4. The Morgan fingerprint density at radius 3 is 3.11 bits per heavy atom. The monoisotopic (exact) mass is 277 g/mol. The Kier molecular flexibility index (Phi) is 3.10. The SMILES string of the molecule is CN(C(=O)CSc1nc2ccc(N)cc2o1)C1CC1. The van der Waals surface area contributed by atoms with Crippen molar-refractivity contribution in [1.29, 1.82) is 0 Å². The number of hydrogen-bond acceptors (Lipinski definition) is 5. The summed E-state index contributed by atoms with van der Waals surface area (Å²) in [6, 6.07) is 5.78. The van der Waals surface area contributed by atoms with Gasteiger partial charge in [0.1, 0.15) is 5.52 Å². The third-order valence-corrected chi connectivity index (χ3v) is 4.01. The quantitative estimate of drug-likeness (QED) is 0.684. The first-order chi connectivity index (χ1) is 9.13. The molecule has 0 aliphatic heterocycles. The van der Waals surface area contributed by atoms with E-state index in [1.807, 2.05) is 18.0 Å². The average molecular weight is 277 g/mol. The van der Waals surface area contributed by atoms with Gasteiger partial charge in [0.2, 0.25) is 5.91 Å². The standard InChI is InChI=1S/C13H15N3O2S/c1-16(9-3-4-9)12(17)7-19-13-15-10-5-2-8(14)6-11(10)18-13/h2,5-6,9H,3-4,7,14H2,1H3. The van der Waals surface area contributed by atoms with Crippen molar-refractivity contribution in [3.8, 4) is 0 Å². The molecule has 0 atom stereocenters. The first kappa shape index (κ1) is 12.3. The molecule has 3 rings (SSSR count). The van der Waals surface area contributed by atoms with Crippen molar-refractivity contribution in [2.45, 2.75) is 24.1 Å². The number of fused-ring (bicyclic) bond motifs is 1. The number of hydrogen-bond donors (Lipinski definition) is 1. The maximum Gasteiger partial charge on any atom is 0.257 e. The molecule has 19 heavy (non-hydrogen) atoms. The normalized spacial score (nSPS) is 14.8. The van der Waals surface area contributed by atoms with E-state index >= 15 is 0 Å². The van der Waals surface area contributed by atoms with Crippen LogP contribution in [0.5, 0.6) is 0 Å². The number of rotatable bonds is 4. The summed E-state index contributed by atoms with van der Waals surface area (Å²) in [6.07, 6.45) is 2.24. The number of anilines is 1. The molecule has 1 aliphatic rings. The van der Waals surface area contributed by atoms with Gasteiger partial charge in [0.25, 0.3) is 5.22 Å². The van der Waals surface area contributed by atoms with Crippen LogP contribution in [0.15, 0.2) is 27.8 Å². The molecule has 0 unspecified atom stereocenters. The zero-order chi connectivity index (χ0) is 13.4. The molecule has 1 saturated carbocycles. The largest absolute Gasteiger partial charge is 0.431 e. The molecule has 0 saturated heterocycles. The molecule has 1 aliphatic carbocycles. The maximum absolute atomic E-state index is 11.9. The lowest BCUT2D eigenvalue weighted by Gasteiger charge is -2.14. The molecule has 2 aromatic rings. The van der Waals surface area contributed by atoms with Gasteiger partial charge in [-0.25, -0.2) is 4.98 Å². The average Bonchev–Trinajstić information content (AvgIpc) is 3.16. The summed E-state index contributed by atoms with van der Waals surface area (Å²) in [4.78, 5) is 18.0. The summed E-state index contributed by atoms with van der Waals surface area (Å²) < 4.78 is 5.56. The van der Waals surface area contributed by atoms with Crippen molar-refractivity contribution >= 4 is 34.5 Å². The third kappa shape index (κ3) is 2.68. The lowest BCUT2D eigenvalue weighted by Crippen LogP contribution is -2.30. The number of nitrogens with zero attached hydrogens (tertiary/aromatic N) is 2. The van der Waals surface area contributed by atoms with Crippen molar-refractivity contribution in [1.82, 2.24) is 9.88 Å². The fourth-order valence-corrected chi connectivity index (χ4v) is 2.63. The second-order valence-corrected chi connectivity index (χ2v) is 5.66. The number of oxazole rings is 1. The van der Waals surface area contributed by atoms with Gasteiger partial charge in [-0.2, -0.15) is 0 Å². The first-order valence-corrected chi connectivity index (χ1v) is 7.16. The first-order valence-electron chi connectivity index (χ1n) is 6.18. The van der Waals surface area contributed by atoms with Crippen LogP contribution >= 0.6 is 11.8 Å². The Balaban J connectivity index is 1.66. The summed E-state index contributed by atoms with van der Waals surface area (Å²) in [5.41, 5.74) is 7.74. The second-order valence-electron chi connectivity index (χ2n) is 4.73. The van der Waals surface area contributed by atoms with E-state index in [4.69, 9.17) is 10.2 Å². The van der Waals surface area contributed by atoms with E-state index in [0.717, 1.165) is 18.4 Å². The van der Waals surface area contributed by atoms with Crippen molar-refractivity contribution in [3.63, 3.8) is 0 Å². The summed E-state index contributed by atoms with van der Waals surface area (Å²) in [5, 5.41) is 0.512. The highest BCUT2D eigenvalue weighted by Crippen LogP contribution is 2.28. The highest BCUT2D eigenvalue weighted by atomic mass is 32.2. The Bertz CT molecular complexity index is 621. The highest BCUT2D eigenvalue weighted by Gasteiger charge is 2.29. The molecule has 6 heteroatoms. The Hall–Kier alpha value is -1.69. The predicted octanol–water partition coefficient (Wildman–Crippen LogP) is 2.12. The molecule has 0 spiro atoms. The number of thioether (sulfide) groups is 1. The van der Waals surface area contributed by atoms with Gasteiger partial charge in [0.05, 0.1) is 5.75 Å². The molecule has 0 bridgehead atoms. The van der Waals surface area contributed by atoms with E-state index < -0.39 is 0 Å². The number of amides is 1. The molecule has 1 amide bonds. The molecule has 1 fully saturated rings. The predicted molar refractivity (Wildman–Crippen MR) is 74.9 cm³/mol. The number of benzene rings is 1. The minimum absolute atomic E-state index is 0.120. The van der Waals surface area contributed by atoms with E-state index in [1.54, 1.807) is 12.1 Å². The van der Waals surface area contributed by atoms with Crippen LogP contribution in [0.2, 0.25) is 0 Å². The van der Waals surface area contributed by atoms with Gasteiger partial charge in [-0.1, -0.05) is 11.8 Å². The van der Waals surface area contributed by atoms with Gasteiger partial charge >= 0.3 is 0 Å². The molecule has 1 aromatic heterocycles. The number of carbonyl (C=O) groups is 1. The van der Waals surface area contributed by atoms with Crippen molar-refractivity contribution in [2.24, 2.45) is 0 Å². The van der Waals surface area contributed by atoms with Gasteiger partial charge in [-0.05, 0) is 25.0 Å². The van der Waals surface area contributed by atoms with Gasteiger partial charge in [0.15, 0.2) is 5.58 Å². The molecule has 2 N–H and O–H groups in total. The van der Waals surface area contributed by atoms with E-state index in [2.05, 4.69) is 4.98 Å². The third-order valence-electron chi connectivity index (χ3n) is 3.20. The number of aromatic nitrogens is 1. The van der Waals surface area contributed by atoms with Crippen LogP contribution in [0, 0.1) is 0 Å². The van der Waals surface area contributed by atoms with Crippen molar-refractivity contribution in [2.75, 3.05) is 18.5 Å². The van der Waals surface area contributed by atoms with E-state index in [-0.39, 0.29) is 5.91 Å².